The van der Waals surface area contributed by atoms with Crippen LogP contribution in [0.1, 0.15) is 16.1 Å². The molecule has 0 spiro atoms. The molecular formula is C12H8BrNO2. The molecule has 0 atom stereocenters. The third kappa shape index (κ3) is 2.12. The number of ketones is 1. The number of carbonyl (C=O) groups excluding carboxylic acids is 1. The molecule has 1 N–H and O–H groups in total. The van der Waals surface area contributed by atoms with Crippen LogP contribution in [0.25, 0.3) is 0 Å². The number of aromatic hydroxyl groups is 1. The zero-order chi connectivity index (χ0) is 11.5. The second-order valence-electron chi connectivity index (χ2n) is 3.21. The van der Waals surface area contributed by atoms with Crippen LogP contribution in [0.2, 0.25) is 0 Å². The normalized spacial score (nSPS) is 10.1. The Morgan fingerprint density at radius 1 is 1.19 bits per heavy atom. The summed E-state index contributed by atoms with van der Waals surface area (Å²) in [7, 11) is 0. The van der Waals surface area contributed by atoms with Gasteiger partial charge in [-0.25, -0.2) is 0 Å². The van der Waals surface area contributed by atoms with Crippen molar-refractivity contribution in [1.29, 1.82) is 0 Å². The first kappa shape index (κ1) is 10.8. The summed E-state index contributed by atoms with van der Waals surface area (Å²) in [4.78, 5) is 16.0. The standard InChI is InChI=1S/C12H8BrNO2/c13-10-2-1-7-14-11(10)12(16)8-3-5-9(15)6-4-8/h1-7,15H. The molecule has 0 saturated carbocycles. The SMILES string of the molecule is O=C(c1ccc(O)cc1)c1ncccc1Br. The average Bonchev–Trinajstić information content (AvgIpc) is 2.30. The van der Waals surface area contributed by atoms with Gasteiger partial charge in [0, 0.05) is 16.2 Å². The van der Waals surface area contributed by atoms with Gasteiger partial charge in [-0.15, -0.1) is 0 Å². The molecule has 0 unspecified atom stereocenters. The summed E-state index contributed by atoms with van der Waals surface area (Å²) >= 11 is 3.28. The Morgan fingerprint density at radius 3 is 2.50 bits per heavy atom. The van der Waals surface area contributed by atoms with Crippen molar-refractivity contribution >= 4 is 21.7 Å². The predicted molar refractivity (Wildman–Crippen MR) is 63.5 cm³/mol. The topological polar surface area (TPSA) is 50.2 Å². The Labute approximate surface area is 101 Å². The first-order valence-electron chi connectivity index (χ1n) is 4.63. The average molecular weight is 278 g/mol. The quantitative estimate of drug-likeness (QED) is 0.859. The molecule has 0 amide bonds. The van der Waals surface area contributed by atoms with E-state index in [1.54, 1.807) is 30.5 Å². The Kier molecular flexibility index (Phi) is 3.01. The molecule has 1 heterocycles. The van der Waals surface area contributed by atoms with Crippen LogP contribution in [0, 0.1) is 0 Å². The number of carbonyl (C=O) groups is 1. The lowest BCUT2D eigenvalue weighted by atomic mass is 10.1. The summed E-state index contributed by atoms with van der Waals surface area (Å²) in [5, 5.41) is 9.13. The van der Waals surface area contributed by atoms with E-state index in [1.165, 1.54) is 12.1 Å². The first-order chi connectivity index (χ1) is 7.68. The van der Waals surface area contributed by atoms with E-state index in [0.717, 1.165) is 0 Å². The lowest BCUT2D eigenvalue weighted by Crippen LogP contribution is -2.04. The van der Waals surface area contributed by atoms with Crippen molar-refractivity contribution in [1.82, 2.24) is 4.98 Å². The minimum atomic E-state index is -0.174. The van der Waals surface area contributed by atoms with Gasteiger partial charge < -0.3 is 5.11 Å². The van der Waals surface area contributed by atoms with Crippen LogP contribution in [0.4, 0.5) is 0 Å². The zero-order valence-corrected chi connectivity index (χ0v) is 9.81. The Balaban J connectivity index is 2.40. The lowest BCUT2D eigenvalue weighted by Gasteiger charge is -2.02. The smallest absolute Gasteiger partial charge is 0.212 e. The maximum atomic E-state index is 12.0. The molecule has 3 nitrogen and oxygen atoms in total. The Hall–Kier alpha value is -1.68. The van der Waals surface area contributed by atoms with Gasteiger partial charge in [-0.3, -0.25) is 9.78 Å². The van der Waals surface area contributed by atoms with Crippen LogP contribution >= 0.6 is 15.9 Å². The highest BCUT2D eigenvalue weighted by Gasteiger charge is 2.13. The van der Waals surface area contributed by atoms with Gasteiger partial charge >= 0.3 is 0 Å². The van der Waals surface area contributed by atoms with Crippen LogP contribution in [0.15, 0.2) is 47.1 Å². The number of nitrogens with zero attached hydrogens (tertiary/aromatic N) is 1. The van der Waals surface area contributed by atoms with Crippen molar-refractivity contribution in [2.24, 2.45) is 0 Å². The third-order valence-electron chi connectivity index (χ3n) is 2.10. The number of aromatic nitrogens is 1. The van der Waals surface area contributed by atoms with E-state index < -0.39 is 0 Å². The van der Waals surface area contributed by atoms with Crippen molar-refractivity contribution in [3.63, 3.8) is 0 Å². The van der Waals surface area contributed by atoms with Crippen molar-refractivity contribution < 1.29 is 9.90 Å². The van der Waals surface area contributed by atoms with Gasteiger partial charge in [0.2, 0.25) is 5.78 Å². The van der Waals surface area contributed by atoms with E-state index in [0.29, 0.717) is 15.7 Å². The molecule has 0 aliphatic rings. The van der Waals surface area contributed by atoms with Crippen LogP contribution < -0.4 is 0 Å². The second kappa shape index (κ2) is 4.45. The van der Waals surface area contributed by atoms with Crippen LogP contribution in [-0.2, 0) is 0 Å². The maximum absolute atomic E-state index is 12.0. The predicted octanol–water partition coefficient (Wildman–Crippen LogP) is 2.78. The van der Waals surface area contributed by atoms with E-state index in [1.807, 2.05) is 0 Å². The van der Waals surface area contributed by atoms with Crippen molar-refractivity contribution in [3.8, 4) is 5.75 Å². The second-order valence-corrected chi connectivity index (χ2v) is 4.06. The lowest BCUT2D eigenvalue weighted by molar-refractivity contribution is 0.103. The molecule has 2 rings (SSSR count). The molecule has 1 aromatic carbocycles. The van der Waals surface area contributed by atoms with E-state index in [4.69, 9.17) is 5.11 Å². The van der Waals surface area contributed by atoms with E-state index in [9.17, 15) is 4.79 Å². The van der Waals surface area contributed by atoms with Crippen LogP contribution in [0.5, 0.6) is 5.75 Å². The summed E-state index contributed by atoms with van der Waals surface area (Å²) in [6, 6.07) is 9.60. The van der Waals surface area contributed by atoms with Gasteiger partial charge in [-0.2, -0.15) is 0 Å². The fourth-order valence-corrected chi connectivity index (χ4v) is 1.74. The van der Waals surface area contributed by atoms with E-state index in [-0.39, 0.29) is 11.5 Å². The number of phenols is 1. The molecule has 2 aromatic rings. The highest BCUT2D eigenvalue weighted by atomic mass is 79.9. The van der Waals surface area contributed by atoms with Crippen molar-refractivity contribution in [3.05, 3.63) is 58.3 Å². The van der Waals surface area contributed by atoms with Gasteiger partial charge in [0.15, 0.2) is 0 Å². The molecule has 16 heavy (non-hydrogen) atoms. The number of rotatable bonds is 2. The number of pyridine rings is 1. The van der Waals surface area contributed by atoms with Gasteiger partial charge in [0.25, 0.3) is 0 Å². The Morgan fingerprint density at radius 2 is 1.88 bits per heavy atom. The fraction of sp³-hybridized carbons (Fsp3) is 0. The minimum absolute atomic E-state index is 0.136. The largest absolute Gasteiger partial charge is 0.508 e. The molecule has 0 saturated heterocycles. The molecule has 0 bridgehead atoms. The van der Waals surface area contributed by atoms with Gasteiger partial charge in [-0.1, -0.05) is 0 Å². The summed E-state index contributed by atoms with van der Waals surface area (Å²) in [6.45, 7) is 0. The van der Waals surface area contributed by atoms with Gasteiger partial charge in [0.05, 0.1) is 0 Å². The highest BCUT2D eigenvalue weighted by Crippen LogP contribution is 2.18. The monoisotopic (exact) mass is 277 g/mol. The summed E-state index contributed by atoms with van der Waals surface area (Å²) in [5.41, 5.74) is 0.866. The molecule has 80 valence electrons. The molecule has 0 aliphatic carbocycles. The van der Waals surface area contributed by atoms with Gasteiger partial charge in [-0.05, 0) is 52.3 Å². The van der Waals surface area contributed by atoms with Gasteiger partial charge in [0.1, 0.15) is 11.4 Å². The molecule has 0 radical (unpaired) electrons. The number of hydrogen-bond acceptors (Lipinski definition) is 3. The maximum Gasteiger partial charge on any atom is 0.212 e. The zero-order valence-electron chi connectivity index (χ0n) is 8.22. The van der Waals surface area contributed by atoms with E-state index in [2.05, 4.69) is 20.9 Å². The fourth-order valence-electron chi connectivity index (χ4n) is 1.30. The highest BCUT2D eigenvalue weighted by molar-refractivity contribution is 9.10. The minimum Gasteiger partial charge on any atom is -0.508 e. The van der Waals surface area contributed by atoms with Crippen molar-refractivity contribution in [2.45, 2.75) is 0 Å². The van der Waals surface area contributed by atoms with E-state index >= 15 is 0 Å². The summed E-state index contributed by atoms with van der Waals surface area (Å²) < 4.78 is 0.660. The number of phenolic OH excluding ortho intramolecular Hbond substituents is 1. The Bertz CT molecular complexity index is 523. The molecule has 1 aromatic heterocycles. The molecule has 0 fully saturated rings. The number of halogens is 1. The van der Waals surface area contributed by atoms with Crippen molar-refractivity contribution in [2.75, 3.05) is 0 Å². The first-order valence-corrected chi connectivity index (χ1v) is 5.42. The molecule has 0 aliphatic heterocycles. The summed E-state index contributed by atoms with van der Waals surface area (Å²) in [6.07, 6.45) is 1.57. The molecule has 4 heteroatoms. The van der Waals surface area contributed by atoms with Crippen LogP contribution in [-0.4, -0.2) is 15.9 Å². The molecular weight excluding hydrogens is 270 g/mol. The summed E-state index contributed by atoms with van der Waals surface area (Å²) in [5.74, 6) is -0.0379. The third-order valence-corrected chi connectivity index (χ3v) is 2.74. The van der Waals surface area contributed by atoms with Crippen LogP contribution in [0.3, 0.4) is 0 Å². The number of benzene rings is 1. The number of hydrogen-bond donors (Lipinski definition) is 1.